The highest BCUT2D eigenvalue weighted by Crippen LogP contribution is 2.43. The molecule has 0 saturated heterocycles. The van der Waals surface area contributed by atoms with Crippen molar-refractivity contribution in [2.45, 2.75) is 29.7 Å². The molecule has 0 spiro atoms. The molecule has 2 nitrogen and oxygen atoms in total. The van der Waals surface area contributed by atoms with Crippen LogP contribution < -0.4 is 0 Å². The van der Waals surface area contributed by atoms with Gasteiger partial charge in [-0.05, 0) is 30.2 Å². The van der Waals surface area contributed by atoms with E-state index >= 15 is 0 Å². The number of amides is 1. The quantitative estimate of drug-likeness (QED) is 0.797. The average Bonchev–Trinajstić information content (AvgIpc) is 2.51. The summed E-state index contributed by atoms with van der Waals surface area (Å²) < 4.78 is 0. The monoisotopic (exact) mass is 283 g/mol. The second-order valence-electron chi connectivity index (χ2n) is 5.07. The van der Waals surface area contributed by atoms with Crippen LogP contribution in [-0.2, 0) is 11.3 Å². The molecule has 3 heteroatoms. The van der Waals surface area contributed by atoms with Gasteiger partial charge in [-0.2, -0.15) is 0 Å². The Morgan fingerprint density at radius 1 is 1.10 bits per heavy atom. The van der Waals surface area contributed by atoms with Crippen LogP contribution in [0.3, 0.4) is 0 Å². The molecule has 2 aromatic rings. The number of benzene rings is 2. The van der Waals surface area contributed by atoms with Crippen molar-refractivity contribution < 1.29 is 4.79 Å². The van der Waals surface area contributed by atoms with E-state index < -0.39 is 0 Å². The third-order valence-corrected chi connectivity index (χ3v) is 5.26. The minimum absolute atomic E-state index is 0.201. The molecule has 1 amide bonds. The molecule has 0 saturated carbocycles. The second-order valence-corrected chi connectivity index (χ2v) is 6.28. The van der Waals surface area contributed by atoms with E-state index in [1.54, 1.807) is 0 Å². The highest BCUT2D eigenvalue weighted by Gasteiger charge is 2.31. The van der Waals surface area contributed by atoms with Crippen molar-refractivity contribution in [2.75, 3.05) is 0 Å². The van der Waals surface area contributed by atoms with Crippen LogP contribution in [0.2, 0.25) is 0 Å². The van der Waals surface area contributed by atoms with Gasteiger partial charge in [0.2, 0.25) is 6.41 Å². The summed E-state index contributed by atoms with van der Waals surface area (Å²) in [5.41, 5.74) is 2.61. The molecule has 0 aliphatic carbocycles. The van der Waals surface area contributed by atoms with Gasteiger partial charge in [0.15, 0.2) is 0 Å². The molecule has 2 aromatic carbocycles. The van der Waals surface area contributed by atoms with Crippen LogP contribution in [-0.4, -0.2) is 17.4 Å². The summed E-state index contributed by atoms with van der Waals surface area (Å²) in [5.74, 6) is 0. The first-order valence-corrected chi connectivity index (χ1v) is 7.68. The molecular formula is C17H17NOS. The number of rotatable bonds is 3. The Labute approximate surface area is 123 Å². The number of carbonyl (C=O) groups excluding carboxylic acids is 1. The molecule has 0 fully saturated rings. The number of nitrogens with zero attached hydrogens (tertiary/aromatic N) is 1. The van der Waals surface area contributed by atoms with E-state index in [4.69, 9.17) is 0 Å². The van der Waals surface area contributed by atoms with E-state index in [-0.39, 0.29) is 11.3 Å². The molecular weight excluding hydrogens is 266 g/mol. The fourth-order valence-electron chi connectivity index (χ4n) is 2.67. The number of fused-ring (bicyclic) bond motifs is 1. The molecule has 1 heterocycles. The summed E-state index contributed by atoms with van der Waals surface area (Å²) in [6, 6.07) is 19.0. The maximum Gasteiger partial charge on any atom is 0.210 e. The van der Waals surface area contributed by atoms with E-state index in [0.717, 1.165) is 6.41 Å². The minimum Gasteiger partial charge on any atom is -0.337 e. The number of thioether (sulfide) groups is 1. The first-order chi connectivity index (χ1) is 9.79. The maximum absolute atomic E-state index is 11.3. The minimum atomic E-state index is 0.201. The van der Waals surface area contributed by atoms with Crippen LogP contribution >= 0.6 is 11.8 Å². The first kappa shape index (κ1) is 13.3. The highest BCUT2D eigenvalue weighted by molar-refractivity contribution is 7.99. The van der Waals surface area contributed by atoms with Gasteiger partial charge in [0.1, 0.15) is 0 Å². The van der Waals surface area contributed by atoms with Gasteiger partial charge in [0.05, 0.1) is 5.25 Å². The Morgan fingerprint density at radius 3 is 2.55 bits per heavy atom. The Bertz CT molecular complexity index is 599. The Kier molecular flexibility index (Phi) is 3.79. The Morgan fingerprint density at radius 2 is 1.80 bits per heavy atom. The zero-order valence-electron chi connectivity index (χ0n) is 11.4. The molecule has 0 aromatic heterocycles. The van der Waals surface area contributed by atoms with Crippen molar-refractivity contribution in [2.24, 2.45) is 0 Å². The van der Waals surface area contributed by atoms with Gasteiger partial charge in [-0.1, -0.05) is 42.5 Å². The molecule has 2 atom stereocenters. The summed E-state index contributed by atoms with van der Waals surface area (Å²) in [6.45, 7) is 2.84. The molecule has 0 radical (unpaired) electrons. The van der Waals surface area contributed by atoms with E-state index in [1.165, 1.54) is 16.0 Å². The van der Waals surface area contributed by atoms with Gasteiger partial charge < -0.3 is 4.90 Å². The lowest BCUT2D eigenvalue weighted by Crippen LogP contribution is -2.39. The predicted molar refractivity (Wildman–Crippen MR) is 82.6 cm³/mol. The topological polar surface area (TPSA) is 20.3 Å². The lowest BCUT2D eigenvalue weighted by atomic mass is 9.95. The van der Waals surface area contributed by atoms with Gasteiger partial charge in [-0.25, -0.2) is 0 Å². The van der Waals surface area contributed by atoms with Crippen LogP contribution in [0.15, 0.2) is 59.5 Å². The van der Waals surface area contributed by atoms with Gasteiger partial charge in [-0.3, -0.25) is 4.79 Å². The Hall–Kier alpha value is -1.74. The third-order valence-electron chi connectivity index (χ3n) is 3.82. The largest absolute Gasteiger partial charge is 0.337 e. The van der Waals surface area contributed by atoms with Crippen molar-refractivity contribution in [3.63, 3.8) is 0 Å². The smallest absolute Gasteiger partial charge is 0.210 e. The molecule has 1 unspecified atom stereocenters. The summed E-state index contributed by atoms with van der Waals surface area (Å²) in [5, 5.41) is 0.285. The van der Waals surface area contributed by atoms with E-state index in [1.807, 2.05) is 28.8 Å². The fraction of sp³-hybridized carbons (Fsp3) is 0.235. The van der Waals surface area contributed by atoms with Crippen LogP contribution in [0.25, 0.3) is 0 Å². The molecule has 0 N–H and O–H groups in total. The summed E-state index contributed by atoms with van der Waals surface area (Å²) in [6.07, 6.45) is 0.971. The summed E-state index contributed by atoms with van der Waals surface area (Å²) >= 11 is 1.83. The highest BCUT2D eigenvalue weighted by atomic mass is 32.2. The van der Waals surface area contributed by atoms with Gasteiger partial charge in [-0.15, -0.1) is 11.8 Å². The number of carbonyl (C=O) groups is 1. The third kappa shape index (κ3) is 2.46. The van der Waals surface area contributed by atoms with Crippen molar-refractivity contribution in [3.05, 3.63) is 65.7 Å². The van der Waals surface area contributed by atoms with Gasteiger partial charge in [0.25, 0.3) is 0 Å². The van der Waals surface area contributed by atoms with Crippen LogP contribution in [0.4, 0.5) is 0 Å². The molecule has 102 valence electrons. The number of hydrogen-bond donors (Lipinski definition) is 0. The van der Waals surface area contributed by atoms with Crippen LogP contribution in [0, 0.1) is 0 Å². The molecule has 20 heavy (non-hydrogen) atoms. The van der Waals surface area contributed by atoms with E-state index in [0.29, 0.717) is 6.54 Å². The predicted octanol–water partition coefficient (Wildman–Crippen LogP) is 3.88. The van der Waals surface area contributed by atoms with Gasteiger partial charge >= 0.3 is 0 Å². The SMILES string of the molecule is C[C@@H]1C(Sc2ccccc2)c2ccccc2CN1C=O. The molecule has 1 aliphatic heterocycles. The lowest BCUT2D eigenvalue weighted by Gasteiger charge is -2.38. The molecule has 3 rings (SSSR count). The zero-order valence-corrected chi connectivity index (χ0v) is 12.2. The van der Waals surface area contributed by atoms with Crippen LogP contribution in [0.5, 0.6) is 0 Å². The first-order valence-electron chi connectivity index (χ1n) is 6.80. The second kappa shape index (κ2) is 5.71. The van der Waals surface area contributed by atoms with E-state index in [9.17, 15) is 4.79 Å². The molecule has 0 bridgehead atoms. The van der Waals surface area contributed by atoms with Crippen molar-refractivity contribution >= 4 is 18.2 Å². The van der Waals surface area contributed by atoms with E-state index in [2.05, 4.69) is 49.4 Å². The normalized spacial score (nSPS) is 21.4. The van der Waals surface area contributed by atoms with Crippen molar-refractivity contribution in [1.29, 1.82) is 0 Å². The zero-order chi connectivity index (χ0) is 13.9. The summed E-state index contributed by atoms with van der Waals surface area (Å²) in [7, 11) is 0. The average molecular weight is 283 g/mol. The molecule has 1 aliphatic rings. The van der Waals surface area contributed by atoms with Crippen molar-refractivity contribution in [3.8, 4) is 0 Å². The summed E-state index contributed by atoms with van der Waals surface area (Å²) in [4.78, 5) is 14.4. The van der Waals surface area contributed by atoms with Gasteiger partial charge in [0, 0.05) is 17.5 Å². The maximum atomic E-state index is 11.3. The fourth-order valence-corrected chi connectivity index (χ4v) is 3.99. The van der Waals surface area contributed by atoms with Crippen molar-refractivity contribution in [1.82, 2.24) is 4.90 Å². The Balaban J connectivity index is 1.96. The lowest BCUT2D eigenvalue weighted by molar-refractivity contribution is -0.120. The van der Waals surface area contributed by atoms with Crippen LogP contribution in [0.1, 0.15) is 23.3 Å². The number of hydrogen-bond acceptors (Lipinski definition) is 2. The standard InChI is InChI=1S/C17H17NOS/c1-13-17(20-15-8-3-2-4-9-15)16-10-6-5-7-14(16)11-18(13)12-19/h2-10,12-13,17H,11H2,1H3/t13-,17?/m1/s1.